The fourth-order valence-corrected chi connectivity index (χ4v) is 1.07. The normalized spacial score (nSPS) is 10.9. The number of halogens is 3. The van der Waals surface area contributed by atoms with E-state index in [0.717, 1.165) is 6.07 Å². The molecule has 0 aromatic carbocycles. The van der Waals surface area contributed by atoms with Crippen molar-refractivity contribution in [2.75, 3.05) is 0 Å². The van der Waals surface area contributed by atoms with E-state index in [0.29, 0.717) is 11.3 Å². The van der Waals surface area contributed by atoms with Crippen molar-refractivity contribution in [3.05, 3.63) is 23.4 Å². The molecule has 1 aromatic rings. The van der Waals surface area contributed by atoms with Gasteiger partial charge in [-0.2, -0.15) is 5.26 Å². The maximum absolute atomic E-state index is 11.9. The Labute approximate surface area is 84.1 Å². The highest BCUT2D eigenvalue weighted by molar-refractivity contribution is 5.26. The van der Waals surface area contributed by atoms with E-state index in [1.54, 1.807) is 0 Å². The summed E-state index contributed by atoms with van der Waals surface area (Å²) in [6.07, 6.45) is -4.73. The van der Waals surface area contributed by atoms with Crippen molar-refractivity contribution in [2.45, 2.75) is 19.7 Å². The topological polar surface area (TPSA) is 45.9 Å². The van der Waals surface area contributed by atoms with Crippen LogP contribution in [0.5, 0.6) is 5.88 Å². The number of aryl methyl sites for hydroxylation is 1. The summed E-state index contributed by atoms with van der Waals surface area (Å²) in [7, 11) is 0. The van der Waals surface area contributed by atoms with Crippen molar-refractivity contribution in [3.63, 3.8) is 0 Å². The third kappa shape index (κ3) is 3.85. The van der Waals surface area contributed by atoms with Crippen molar-refractivity contribution in [2.24, 2.45) is 0 Å². The van der Waals surface area contributed by atoms with Crippen LogP contribution in [-0.4, -0.2) is 11.3 Å². The summed E-state index contributed by atoms with van der Waals surface area (Å²) < 4.78 is 39.2. The predicted molar refractivity (Wildman–Crippen MR) is 45.0 cm³/mol. The van der Waals surface area contributed by atoms with Crippen LogP contribution in [0.2, 0.25) is 0 Å². The van der Waals surface area contributed by atoms with E-state index >= 15 is 0 Å². The number of alkyl halides is 3. The lowest BCUT2D eigenvalue weighted by atomic mass is 10.2. The minimum atomic E-state index is -4.76. The SMILES string of the molecule is Cc1cc(CC#N)cc(OC(F)(F)F)n1. The largest absolute Gasteiger partial charge is 0.574 e. The number of hydrogen-bond donors (Lipinski definition) is 0. The zero-order chi connectivity index (χ0) is 11.5. The Kier molecular flexibility index (Phi) is 3.14. The second kappa shape index (κ2) is 4.17. The smallest absolute Gasteiger partial charge is 0.388 e. The summed E-state index contributed by atoms with van der Waals surface area (Å²) in [5, 5.41) is 8.40. The Hall–Kier alpha value is -1.77. The molecule has 0 amide bonds. The molecule has 0 radical (unpaired) electrons. The van der Waals surface area contributed by atoms with E-state index < -0.39 is 12.2 Å². The van der Waals surface area contributed by atoms with Crippen molar-refractivity contribution in [3.8, 4) is 11.9 Å². The zero-order valence-corrected chi connectivity index (χ0v) is 7.80. The van der Waals surface area contributed by atoms with Crippen LogP contribution in [0.3, 0.4) is 0 Å². The number of aromatic nitrogens is 1. The molecular formula is C9H7F3N2O. The van der Waals surface area contributed by atoms with Crippen molar-refractivity contribution in [1.29, 1.82) is 5.26 Å². The van der Waals surface area contributed by atoms with Gasteiger partial charge in [-0.25, -0.2) is 4.98 Å². The molecule has 1 heterocycles. The van der Waals surface area contributed by atoms with Gasteiger partial charge in [0.05, 0.1) is 12.5 Å². The van der Waals surface area contributed by atoms with Crippen molar-refractivity contribution in [1.82, 2.24) is 4.98 Å². The summed E-state index contributed by atoms with van der Waals surface area (Å²) in [5.41, 5.74) is 0.825. The van der Waals surface area contributed by atoms with Crippen LogP contribution in [0.4, 0.5) is 13.2 Å². The van der Waals surface area contributed by atoms with E-state index in [4.69, 9.17) is 5.26 Å². The van der Waals surface area contributed by atoms with Crippen molar-refractivity contribution < 1.29 is 17.9 Å². The van der Waals surface area contributed by atoms with Gasteiger partial charge in [-0.3, -0.25) is 0 Å². The molecule has 6 heteroatoms. The maximum atomic E-state index is 11.9. The Balaban J connectivity index is 2.95. The number of rotatable bonds is 2. The van der Waals surface area contributed by atoms with Crippen LogP contribution in [0, 0.1) is 18.3 Å². The second-order valence-electron chi connectivity index (χ2n) is 2.84. The van der Waals surface area contributed by atoms with Crippen LogP contribution in [0.25, 0.3) is 0 Å². The molecule has 0 fully saturated rings. The Morgan fingerprint density at radius 3 is 2.67 bits per heavy atom. The summed E-state index contributed by atoms with van der Waals surface area (Å²) in [5.74, 6) is -0.534. The molecule has 0 N–H and O–H groups in total. The van der Waals surface area contributed by atoms with Gasteiger partial charge in [0.15, 0.2) is 0 Å². The number of nitrogens with zero attached hydrogens (tertiary/aromatic N) is 2. The first-order chi connectivity index (χ1) is 6.90. The van der Waals surface area contributed by atoms with Crippen LogP contribution in [-0.2, 0) is 6.42 Å². The number of ether oxygens (including phenoxy) is 1. The molecule has 80 valence electrons. The minimum Gasteiger partial charge on any atom is -0.388 e. The molecule has 0 saturated heterocycles. The molecule has 0 atom stereocenters. The predicted octanol–water partition coefficient (Wildman–Crippen LogP) is 2.35. The third-order valence-electron chi connectivity index (χ3n) is 1.49. The van der Waals surface area contributed by atoms with Crippen molar-refractivity contribution >= 4 is 0 Å². The Morgan fingerprint density at radius 2 is 2.13 bits per heavy atom. The first-order valence-corrected chi connectivity index (χ1v) is 4.01. The molecule has 0 aliphatic heterocycles. The highest BCUT2D eigenvalue weighted by Gasteiger charge is 2.31. The Bertz CT molecular complexity index is 395. The van der Waals surface area contributed by atoms with Gasteiger partial charge >= 0.3 is 6.36 Å². The quantitative estimate of drug-likeness (QED) is 0.762. The lowest BCUT2D eigenvalue weighted by molar-refractivity contribution is -0.276. The monoisotopic (exact) mass is 216 g/mol. The first-order valence-electron chi connectivity index (χ1n) is 4.01. The summed E-state index contributed by atoms with van der Waals surface area (Å²) in [4.78, 5) is 3.55. The molecule has 15 heavy (non-hydrogen) atoms. The van der Waals surface area contributed by atoms with Gasteiger partial charge in [-0.1, -0.05) is 0 Å². The third-order valence-corrected chi connectivity index (χ3v) is 1.49. The Morgan fingerprint density at radius 1 is 1.47 bits per heavy atom. The molecule has 1 rings (SSSR count). The fraction of sp³-hybridized carbons (Fsp3) is 0.333. The molecule has 1 aromatic heterocycles. The van der Waals surface area contributed by atoms with Gasteiger partial charge in [0.2, 0.25) is 5.88 Å². The molecule has 0 aliphatic carbocycles. The zero-order valence-electron chi connectivity index (χ0n) is 7.80. The van der Waals surface area contributed by atoms with Crippen LogP contribution in [0.1, 0.15) is 11.3 Å². The molecule has 0 saturated carbocycles. The van der Waals surface area contributed by atoms with Gasteiger partial charge in [0.1, 0.15) is 0 Å². The molecule has 0 unspecified atom stereocenters. The second-order valence-corrected chi connectivity index (χ2v) is 2.84. The number of nitriles is 1. The van der Waals surface area contributed by atoms with Crippen LogP contribution < -0.4 is 4.74 Å². The summed E-state index contributed by atoms with van der Waals surface area (Å²) in [6, 6.07) is 4.47. The average Bonchev–Trinajstić information content (AvgIpc) is 1.99. The number of pyridine rings is 1. The van der Waals surface area contributed by atoms with E-state index in [2.05, 4.69) is 9.72 Å². The highest BCUT2D eigenvalue weighted by Crippen LogP contribution is 2.22. The summed E-state index contributed by atoms with van der Waals surface area (Å²) in [6.45, 7) is 1.53. The molecule has 0 bridgehead atoms. The van der Waals surface area contributed by atoms with Gasteiger partial charge in [-0.15, -0.1) is 13.2 Å². The maximum Gasteiger partial charge on any atom is 0.574 e. The van der Waals surface area contributed by atoms with E-state index in [9.17, 15) is 13.2 Å². The van der Waals surface area contributed by atoms with Gasteiger partial charge in [0.25, 0.3) is 0 Å². The lowest BCUT2D eigenvalue weighted by Crippen LogP contribution is -2.18. The van der Waals surface area contributed by atoms with E-state index in [-0.39, 0.29) is 6.42 Å². The van der Waals surface area contributed by atoms with Crippen LogP contribution in [0.15, 0.2) is 12.1 Å². The standard InChI is InChI=1S/C9H7F3N2O/c1-6-4-7(2-3-13)5-8(14-6)15-9(10,11)12/h4-5H,2H2,1H3. The van der Waals surface area contributed by atoms with E-state index in [1.165, 1.54) is 13.0 Å². The lowest BCUT2D eigenvalue weighted by Gasteiger charge is -2.09. The molecule has 3 nitrogen and oxygen atoms in total. The highest BCUT2D eigenvalue weighted by atomic mass is 19.4. The molecule has 0 spiro atoms. The van der Waals surface area contributed by atoms with Gasteiger partial charge < -0.3 is 4.74 Å². The molecule has 0 aliphatic rings. The van der Waals surface area contributed by atoms with E-state index in [1.807, 2.05) is 6.07 Å². The average molecular weight is 216 g/mol. The fourth-order valence-electron chi connectivity index (χ4n) is 1.07. The minimum absolute atomic E-state index is 0.0254. The van der Waals surface area contributed by atoms with Gasteiger partial charge in [-0.05, 0) is 18.6 Å². The number of hydrogen-bond acceptors (Lipinski definition) is 3. The molecular weight excluding hydrogens is 209 g/mol. The first kappa shape index (κ1) is 11.3. The summed E-state index contributed by atoms with van der Waals surface area (Å²) >= 11 is 0. The van der Waals surface area contributed by atoms with Crippen LogP contribution >= 0.6 is 0 Å². The van der Waals surface area contributed by atoms with Gasteiger partial charge in [0, 0.05) is 11.8 Å².